The van der Waals surface area contributed by atoms with E-state index in [0.29, 0.717) is 4.68 Å². The lowest BCUT2D eigenvalue weighted by Gasteiger charge is -2.19. The molecule has 0 unspecified atom stereocenters. The first-order chi connectivity index (χ1) is 18.4. The molecule has 0 aliphatic carbocycles. The number of fused-ring (bicyclic) bond motifs is 1. The highest BCUT2D eigenvalue weighted by molar-refractivity contribution is 7.91. The van der Waals surface area contributed by atoms with E-state index in [0.717, 1.165) is 53.2 Å². The molecule has 0 fully saturated rings. The number of pyridine rings is 2. The van der Waals surface area contributed by atoms with Crippen molar-refractivity contribution in [1.29, 1.82) is 0 Å². The molecule has 0 saturated carbocycles. The van der Waals surface area contributed by atoms with E-state index in [4.69, 9.17) is 0 Å². The third-order valence-electron chi connectivity index (χ3n) is 5.60. The number of ether oxygens (including phenoxy) is 1. The highest BCUT2D eigenvalue weighted by Gasteiger charge is 2.58. The third kappa shape index (κ3) is 5.50. The minimum absolute atomic E-state index is 0.0128. The molecule has 3 heterocycles. The average Bonchev–Trinajstić information content (AvgIpc) is 3.21. The Balaban J connectivity index is 1.79. The summed E-state index contributed by atoms with van der Waals surface area (Å²) in [5.74, 6) is -6.66. The van der Waals surface area contributed by atoms with Crippen LogP contribution >= 0.6 is 0 Å². The maximum Gasteiger partial charge on any atom is 0.456 e. The molecule has 8 nitrogen and oxygen atoms in total. The van der Waals surface area contributed by atoms with Gasteiger partial charge in [0.05, 0.1) is 11.3 Å². The largest absolute Gasteiger partial charge is 0.487 e. The fourth-order valence-corrected chi connectivity index (χ4v) is 4.49. The van der Waals surface area contributed by atoms with Crippen molar-refractivity contribution in [1.82, 2.24) is 19.2 Å². The summed E-state index contributed by atoms with van der Waals surface area (Å²) in [4.78, 5) is 16.4. The fraction of sp³-hybridized carbons (Fsp3) is 0.261. The van der Waals surface area contributed by atoms with Crippen LogP contribution in [0.4, 0.5) is 35.1 Å². The molecule has 17 heteroatoms. The van der Waals surface area contributed by atoms with Gasteiger partial charge in [-0.3, -0.25) is 0 Å². The van der Waals surface area contributed by atoms with Gasteiger partial charge >= 0.3 is 24.0 Å². The standard InChI is InChI=1S/C23H16F8N4O4S/c1-2-40(37,38)17-9-14(13-4-3-5-15(8-13)22(26,27)28)11-32-19(17)35-20(36)34-7-6-16(10-18(34)33-35)39-12-21(24,25)23(29,30)31/h3-11H,2,12H2,1H3. The maximum absolute atomic E-state index is 13.2. The molecule has 0 aliphatic rings. The van der Waals surface area contributed by atoms with Crippen molar-refractivity contribution < 1.29 is 48.3 Å². The third-order valence-corrected chi connectivity index (χ3v) is 7.33. The maximum atomic E-state index is 13.2. The van der Waals surface area contributed by atoms with Gasteiger partial charge in [-0.2, -0.15) is 39.8 Å². The second-order valence-electron chi connectivity index (χ2n) is 8.30. The predicted molar refractivity (Wildman–Crippen MR) is 123 cm³/mol. The zero-order chi connectivity index (χ0) is 29.7. The Labute approximate surface area is 219 Å². The number of halogens is 8. The number of hydrogen-bond donors (Lipinski definition) is 0. The molecule has 0 atom stereocenters. The molecule has 3 aromatic heterocycles. The molecular formula is C23H16F8N4O4S. The van der Waals surface area contributed by atoms with Gasteiger partial charge in [0.25, 0.3) is 0 Å². The summed E-state index contributed by atoms with van der Waals surface area (Å²) in [6.07, 6.45) is -8.55. The topological polar surface area (TPSA) is 95.6 Å². The average molecular weight is 596 g/mol. The number of sulfone groups is 1. The Morgan fingerprint density at radius 1 is 0.950 bits per heavy atom. The van der Waals surface area contributed by atoms with Crippen LogP contribution in [0.5, 0.6) is 5.75 Å². The number of hydrogen-bond acceptors (Lipinski definition) is 6. The van der Waals surface area contributed by atoms with Crippen molar-refractivity contribution in [2.45, 2.75) is 30.1 Å². The number of alkyl halides is 8. The van der Waals surface area contributed by atoms with Gasteiger partial charge in [-0.05, 0) is 29.8 Å². The summed E-state index contributed by atoms with van der Waals surface area (Å²) in [5, 5.41) is 3.90. The van der Waals surface area contributed by atoms with Crippen molar-refractivity contribution in [3.05, 3.63) is 70.9 Å². The van der Waals surface area contributed by atoms with Gasteiger partial charge in [0.15, 0.2) is 27.9 Å². The summed E-state index contributed by atoms with van der Waals surface area (Å²) in [6.45, 7) is -0.766. The first-order valence-electron chi connectivity index (χ1n) is 11.0. The minimum atomic E-state index is -5.86. The van der Waals surface area contributed by atoms with Crippen molar-refractivity contribution in [3.8, 4) is 22.7 Å². The van der Waals surface area contributed by atoms with Crippen LogP contribution in [0.1, 0.15) is 12.5 Å². The fourth-order valence-electron chi connectivity index (χ4n) is 3.45. The van der Waals surface area contributed by atoms with Gasteiger partial charge in [-0.25, -0.2) is 22.6 Å². The van der Waals surface area contributed by atoms with Crippen molar-refractivity contribution >= 4 is 15.5 Å². The highest BCUT2D eigenvalue weighted by Crippen LogP contribution is 2.36. The smallest absolute Gasteiger partial charge is 0.456 e. The van der Waals surface area contributed by atoms with Gasteiger partial charge in [0.2, 0.25) is 0 Å². The number of nitrogens with zero attached hydrogens (tertiary/aromatic N) is 4. The van der Waals surface area contributed by atoms with Crippen molar-refractivity contribution in [3.63, 3.8) is 0 Å². The van der Waals surface area contributed by atoms with E-state index in [1.807, 2.05) is 0 Å². The van der Waals surface area contributed by atoms with Crippen LogP contribution < -0.4 is 10.4 Å². The normalized spacial score (nSPS) is 13.1. The van der Waals surface area contributed by atoms with Crippen LogP contribution in [0.25, 0.3) is 22.6 Å². The van der Waals surface area contributed by atoms with E-state index in [9.17, 15) is 48.3 Å². The first-order valence-corrected chi connectivity index (χ1v) is 12.7. The van der Waals surface area contributed by atoms with Crippen molar-refractivity contribution in [2.75, 3.05) is 12.4 Å². The minimum Gasteiger partial charge on any atom is -0.487 e. The van der Waals surface area contributed by atoms with E-state index in [2.05, 4.69) is 14.8 Å². The molecule has 0 spiro atoms. The lowest BCUT2D eigenvalue weighted by molar-refractivity contribution is -0.290. The molecule has 0 saturated heterocycles. The lowest BCUT2D eigenvalue weighted by atomic mass is 10.0. The molecule has 214 valence electrons. The van der Waals surface area contributed by atoms with E-state index in [1.165, 1.54) is 13.0 Å². The second-order valence-corrected chi connectivity index (χ2v) is 10.6. The summed E-state index contributed by atoms with van der Waals surface area (Å²) in [5.41, 5.74) is -2.33. The van der Waals surface area contributed by atoms with Crippen LogP contribution in [-0.4, -0.2) is 52.0 Å². The second kappa shape index (κ2) is 9.87. The van der Waals surface area contributed by atoms with Gasteiger partial charge in [0.1, 0.15) is 10.6 Å². The van der Waals surface area contributed by atoms with E-state index >= 15 is 0 Å². The van der Waals surface area contributed by atoms with Crippen LogP contribution in [0.3, 0.4) is 0 Å². The van der Waals surface area contributed by atoms with E-state index in [-0.39, 0.29) is 16.8 Å². The van der Waals surface area contributed by atoms with Gasteiger partial charge in [0, 0.05) is 24.0 Å². The summed E-state index contributed by atoms with van der Waals surface area (Å²) in [6, 6.07) is 6.86. The SMILES string of the molecule is CCS(=O)(=O)c1cc(-c2cccc(C(F)(F)F)c2)cnc1-n1nc2cc(OCC(F)(F)C(F)(F)F)ccn2c1=O. The van der Waals surface area contributed by atoms with E-state index < -0.39 is 68.2 Å². The Morgan fingerprint density at radius 3 is 2.27 bits per heavy atom. The highest BCUT2D eigenvalue weighted by atomic mass is 32.2. The van der Waals surface area contributed by atoms with Gasteiger partial charge in [-0.15, -0.1) is 5.10 Å². The molecule has 0 bridgehead atoms. The van der Waals surface area contributed by atoms with Crippen LogP contribution in [0.15, 0.2) is 64.5 Å². The summed E-state index contributed by atoms with van der Waals surface area (Å²) < 4.78 is 135. The van der Waals surface area contributed by atoms with Crippen LogP contribution in [0, 0.1) is 0 Å². The molecule has 0 aliphatic heterocycles. The zero-order valence-electron chi connectivity index (χ0n) is 20.0. The van der Waals surface area contributed by atoms with Crippen LogP contribution in [0.2, 0.25) is 0 Å². The molecule has 40 heavy (non-hydrogen) atoms. The van der Waals surface area contributed by atoms with E-state index in [1.54, 1.807) is 0 Å². The molecule has 0 amide bonds. The Bertz CT molecular complexity index is 1740. The lowest BCUT2D eigenvalue weighted by Crippen LogP contribution is -2.41. The Morgan fingerprint density at radius 2 is 1.65 bits per heavy atom. The Hall–Kier alpha value is -4.02. The number of aromatic nitrogens is 4. The van der Waals surface area contributed by atoms with Gasteiger partial charge < -0.3 is 4.74 Å². The molecule has 4 rings (SSSR count). The molecule has 0 radical (unpaired) electrons. The molecular weight excluding hydrogens is 580 g/mol. The summed E-state index contributed by atoms with van der Waals surface area (Å²) >= 11 is 0. The number of rotatable bonds is 7. The molecule has 0 N–H and O–H groups in total. The zero-order valence-corrected chi connectivity index (χ0v) is 20.8. The Kier molecular flexibility index (Phi) is 7.15. The monoisotopic (exact) mass is 596 g/mol. The summed E-state index contributed by atoms with van der Waals surface area (Å²) in [7, 11) is -4.16. The first kappa shape index (κ1) is 29.0. The van der Waals surface area contributed by atoms with Crippen molar-refractivity contribution in [2.24, 2.45) is 0 Å². The quantitative estimate of drug-likeness (QED) is 0.281. The van der Waals surface area contributed by atoms with Gasteiger partial charge in [-0.1, -0.05) is 19.1 Å². The van der Waals surface area contributed by atoms with Crippen LogP contribution in [-0.2, 0) is 16.0 Å². The molecule has 1 aromatic carbocycles. The number of benzene rings is 1. The predicted octanol–water partition coefficient (Wildman–Crippen LogP) is 4.94. The molecule has 4 aromatic rings.